The van der Waals surface area contributed by atoms with Crippen molar-refractivity contribution < 1.29 is 26.4 Å². The van der Waals surface area contributed by atoms with Gasteiger partial charge in [-0.2, -0.15) is 13.2 Å². The second-order valence-electron chi connectivity index (χ2n) is 6.12. The first kappa shape index (κ1) is 19.2. The Bertz CT molecular complexity index is 913. The summed E-state index contributed by atoms with van der Waals surface area (Å²) in [5.74, 6) is -0.123. The molecule has 0 radical (unpaired) electrons. The van der Waals surface area contributed by atoms with E-state index < -0.39 is 20.2 Å². The van der Waals surface area contributed by atoms with Gasteiger partial charge in [-0.25, -0.2) is 8.42 Å². The van der Waals surface area contributed by atoms with Crippen LogP contribution in [0.15, 0.2) is 59.5 Å². The average molecular weight is 398 g/mol. The van der Waals surface area contributed by atoms with E-state index in [9.17, 15) is 26.4 Å². The lowest BCUT2D eigenvalue weighted by Gasteiger charge is -2.31. The quantitative estimate of drug-likeness (QED) is 0.863. The minimum absolute atomic E-state index is 0.123. The molecule has 1 aliphatic heterocycles. The first-order valence-electron chi connectivity index (χ1n) is 8.20. The molecule has 1 saturated heterocycles. The number of nitrogens with zero attached hydrogens (tertiary/aromatic N) is 1. The molecule has 1 fully saturated rings. The van der Waals surface area contributed by atoms with Crippen LogP contribution >= 0.6 is 0 Å². The smallest absolute Gasteiger partial charge is 0.362 e. The van der Waals surface area contributed by atoms with Gasteiger partial charge in [0, 0.05) is 18.8 Å². The van der Waals surface area contributed by atoms with Crippen LogP contribution in [0, 0.1) is 0 Å². The van der Waals surface area contributed by atoms with E-state index in [1.807, 2.05) is 35.2 Å². The standard InChI is InChI=1S/C18H17F3N2O3S/c19-18(20,21)27(25,26)15-8-6-14(7-9-15)23-11-10-22-17(24)12-16(23)13-4-2-1-3-5-13/h1-9,16H,10-12H2,(H,22,24)/t16-/m1/s1. The van der Waals surface area contributed by atoms with Crippen LogP contribution in [0.5, 0.6) is 0 Å². The summed E-state index contributed by atoms with van der Waals surface area (Å²) >= 11 is 0. The molecule has 1 aliphatic rings. The van der Waals surface area contributed by atoms with Crippen molar-refractivity contribution in [2.45, 2.75) is 22.9 Å². The first-order chi connectivity index (χ1) is 12.7. The molecule has 1 N–H and O–H groups in total. The largest absolute Gasteiger partial charge is 0.501 e. The fraction of sp³-hybridized carbons (Fsp3) is 0.278. The van der Waals surface area contributed by atoms with Crippen LogP contribution in [-0.2, 0) is 14.6 Å². The van der Waals surface area contributed by atoms with E-state index in [1.165, 1.54) is 12.1 Å². The molecule has 1 atom stereocenters. The SMILES string of the molecule is O=C1C[C@H](c2ccccc2)N(c2ccc(S(=O)(=O)C(F)(F)F)cc2)CCN1. The molecule has 0 saturated carbocycles. The van der Waals surface area contributed by atoms with Crippen molar-refractivity contribution in [1.29, 1.82) is 0 Å². The monoisotopic (exact) mass is 398 g/mol. The second-order valence-corrected chi connectivity index (χ2v) is 8.06. The molecule has 0 aromatic heterocycles. The first-order valence-corrected chi connectivity index (χ1v) is 9.68. The van der Waals surface area contributed by atoms with Gasteiger partial charge in [-0.1, -0.05) is 30.3 Å². The van der Waals surface area contributed by atoms with Crippen LogP contribution < -0.4 is 10.2 Å². The van der Waals surface area contributed by atoms with Crippen LogP contribution in [0.4, 0.5) is 18.9 Å². The molecule has 0 spiro atoms. The van der Waals surface area contributed by atoms with Gasteiger partial charge in [0.25, 0.3) is 9.84 Å². The predicted octanol–water partition coefficient (Wildman–Crippen LogP) is 3.05. The van der Waals surface area contributed by atoms with Crippen LogP contribution in [0.25, 0.3) is 0 Å². The number of carbonyl (C=O) groups excluding carboxylic acids is 1. The summed E-state index contributed by atoms with van der Waals surface area (Å²) in [5.41, 5.74) is -3.91. The summed E-state index contributed by atoms with van der Waals surface area (Å²) in [7, 11) is -5.39. The van der Waals surface area contributed by atoms with Crippen molar-refractivity contribution in [1.82, 2.24) is 5.32 Å². The number of alkyl halides is 3. The molecule has 0 bridgehead atoms. The molecule has 144 valence electrons. The van der Waals surface area contributed by atoms with Crippen LogP contribution in [0.3, 0.4) is 0 Å². The van der Waals surface area contributed by atoms with Crippen molar-refractivity contribution in [3.05, 3.63) is 60.2 Å². The number of halogens is 3. The average Bonchev–Trinajstić information content (AvgIpc) is 2.83. The highest BCUT2D eigenvalue weighted by Gasteiger charge is 2.46. The third-order valence-corrected chi connectivity index (χ3v) is 5.90. The number of hydrogen-bond donors (Lipinski definition) is 1. The lowest BCUT2D eigenvalue weighted by Crippen LogP contribution is -2.31. The van der Waals surface area contributed by atoms with Gasteiger partial charge in [0.2, 0.25) is 5.91 Å². The number of rotatable bonds is 3. The van der Waals surface area contributed by atoms with E-state index in [4.69, 9.17) is 0 Å². The Hall–Kier alpha value is -2.55. The number of nitrogens with one attached hydrogen (secondary N) is 1. The summed E-state index contributed by atoms with van der Waals surface area (Å²) in [6, 6.07) is 13.5. The molecule has 27 heavy (non-hydrogen) atoms. The minimum atomic E-state index is -5.39. The zero-order valence-electron chi connectivity index (χ0n) is 14.1. The molecule has 9 heteroatoms. The molecule has 0 unspecified atom stereocenters. The normalized spacial score (nSPS) is 18.7. The van der Waals surface area contributed by atoms with Gasteiger partial charge in [-0.15, -0.1) is 0 Å². The number of amides is 1. The molecule has 2 aromatic rings. The van der Waals surface area contributed by atoms with Crippen LogP contribution in [0.1, 0.15) is 18.0 Å². The molecule has 2 aromatic carbocycles. The van der Waals surface area contributed by atoms with Gasteiger partial charge in [0.1, 0.15) is 0 Å². The molecule has 1 heterocycles. The highest BCUT2D eigenvalue weighted by molar-refractivity contribution is 7.92. The molecular formula is C18H17F3N2O3S. The molecule has 3 rings (SSSR count). The van der Waals surface area contributed by atoms with Gasteiger partial charge >= 0.3 is 5.51 Å². The van der Waals surface area contributed by atoms with E-state index in [1.54, 1.807) is 0 Å². The van der Waals surface area contributed by atoms with Crippen molar-refractivity contribution in [2.24, 2.45) is 0 Å². The van der Waals surface area contributed by atoms with E-state index in [-0.39, 0.29) is 18.4 Å². The van der Waals surface area contributed by atoms with E-state index >= 15 is 0 Å². The van der Waals surface area contributed by atoms with E-state index in [2.05, 4.69) is 5.32 Å². The van der Waals surface area contributed by atoms with Gasteiger partial charge in [0.05, 0.1) is 17.4 Å². The van der Waals surface area contributed by atoms with Crippen molar-refractivity contribution in [3.63, 3.8) is 0 Å². The highest BCUT2D eigenvalue weighted by atomic mass is 32.2. The summed E-state index contributed by atoms with van der Waals surface area (Å²) in [6.45, 7) is 0.821. The van der Waals surface area contributed by atoms with Gasteiger partial charge in [0.15, 0.2) is 0 Å². The number of benzene rings is 2. The van der Waals surface area contributed by atoms with Gasteiger partial charge < -0.3 is 10.2 Å². The zero-order chi connectivity index (χ0) is 19.7. The Kier molecular flexibility index (Phi) is 5.14. The summed E-state index contributed by atoms with van der Waals surface area (Å²) in [6.07, 6.45) is 0.187. The molecule has 1 amide bonds. The lowest BCUT2D eigenvalue weighted by atomic mass is 10.0. The number of anilines is 1. The Morgan fingerprint density at radius 3 is 2.22 bits per heavy atom. The van der Waals surface area contributed by atoms with Gasteiger partial charge in [-0.3, -0.25) is 4.79 Å². The maximum atomic E-state index is 12.7. The van der Waals surface area contributed by atoms with E-state index in [0.717, 1.165) is 17.7 Å². The van der Waals surface area contributed by atoms with Crippen molar-refractivity contribution >= 4 is 21.4 Å². The third-order valence-electron chi connectivity index (χ3n) is 4.40. The topological polar surface area (TPSA) is 66.5 Å². The number of hydrogen-bond acceptors (Lipinski definition) is 4. The minimum Gasteiger partial charge on any atom is -0.362 e. The maximum Gasteiger partial charge on any atom is 0.501 e. The van der Waals surface area contributed by atoms with E-state index in [0.29, 0.717) is 18.8 Å². The molecule has 0 aliphatic carbocycles. The Balaban J connectivity index is 1.96. The maximum absolute atomic E-state index is 12.7. The number of sulfone groups is 1. The lowest BCUT2D eigenvalue weighted by molar-refractivity contribution is -0.121. The highest BCUT2D eigenvalue weighted by Crippen LogP contribution is 2.34. The fourth-order valence-corrected chi connectivity index (χ4v) is 3.82. The molecular weight excluding hydrogens is 381 g/mol. The Labute approximate surface area is 154 Å². The third kappa shape index (κ3) is 3.92. The van der Waals surface area contributed by atoms with Crippen LogP contribution in [0.2, 0.25) is 0 Å². The Morgan fingerprint density at radius 1 is 1.00 bits per heavy atom. The van der Waals surface area contributed by atoms with Gasteiger partial charge in [-0.05, 0) is 29.8 Å². The predicted molar refractivity (Wildman–Crippen MR) is 93.8 cm³/mol. The number of carbonyl (C=O) groups is 1. The molecule has 5 nitrogen and oxygen atoms in total. The summed E-state index contributed by atoms with van der Waals surface area (Å²) < 4.78 is 61.2. The zero-order valence-corrected chi connectivity index (χ0v) is 14.9. The summed E-state index contributed by atoms with van der Waals surface area (Å²) in [4.78, 5) is 13.1. The van der Waals surface area contributed by atoms with Crippen molar-refractivity contribution in [3.8, 4) is 0 Å². The van der Waals surface area contributed by atoms with Crippen molar-refractivity contribution in [2.75, 3.05) is 18.0 Å². The fourth-order valence-electron chi connectivity index (χ4n) is 3.06. The Morgan fingerprint density at radius 2 is 1.63 bits per heavy atom. The summed E-state index contributed by atoms with van der Waals surface area (Å²) in [5, 5.41) is 2.77. The van der Waals surface area contributed by atoms with Crippen LogP contribution in [-0.4, -0.2) is 32.9 Å². The second kappa shape index (κ2) is 7.22.